The molecule has 1 N–H and O–H groups in total. The van der Waals surface area contributed by atoms with Crippen LogP contribution in [0.15, 0.2) is 76.3 Å². The Morgan fingerprint density at radius 1 is 1.00 bits per heavy atom. The average molecular weight is 510 g/mol. The predicted octanol–water partition coefficient (Wildman–Crippen LogP) is 4.16. The number of Topliss-reactive ketones (excluding diaryl/α,β-unsaturated/α-hetero) is 1. The molecule has 0 aliphatic carbocycles. The van der Waals surface area contributed by atoms with Gasteiger partial charge in [-0.1, -0.05) is 36.7 Å². The SMILES string of the molecule is CCC(=O)Cn1c(=O)nc(Nc2ccc(Oc3cccc(F)n3)cc2)n(Cc2ccc(Cl)cc2)c1=O. The van der Waals surface area contributed by atoms with Gasteiger partial charge >= 0.3 is 11.4 Å². The van der Waals surface area contributed by atoms with Crippen LogP contribution in [0.25, 0.3) is 0 Å². The predicted molar refractivity (Wildman–Crippen MR) is 133 cm³/mol. The van der Waals surface area contributed by atoms with E-state index in [1.54, 1.807) is 55.5 Å². The second-order valence-corrected chi connectivity index (χ2v) is 8.18. The number of nitrogens with zero attached hydrogens (tertiary/aromatic N) is 4. The number of hydrogen-bond acceptors (Lipinski definition) is 7. The molecule has 2 heterocycles. The zero-order chi connectivity index (χ0) is 25.7. The summed E-state index contributed by atoms with van der Waals surface area (Å²) in [4.78, 5) is 45.4. The van der Waals surface area contributed by atoms with Gasteiger partial charge in [0.05, 0.1) is 13.1 Å². The van der Waals surface area contributed by atoms with Crippen molar-refractivity contribution in [2.45, 2.75) is 26.4 Å². The zero-order valence-electron chi connectivity index (χ0n) is 19.1. The van der Waals surface area contributed by atoms with Crippen molar-refractivity contribution in [3.63, 3.8) is 0 Å². The highest BCUT2D eigenvalue weighted by molar-refractivity contribution is 6.30. The number of anilines is 2. The maximum Gasteiger partial charge on any atom is 0.355 e. The molecule has 11 heteroatoms. The molecule has 0 atom stereocenters. The number of rotatable bonds is 9. The van der Waals surface area contributed by atoms with Crippen LogP contribution in [0.2, 0.25) is 5.02 Å². The maximum atomic E-state index is 13.3. The molecular weight excluding hydrogens is 489 g/mol. The Morgan fingerprint density at radius 3 is 2.39 bits per heavy atom. The minimum Gasteiger partial charge on any atom is -0.439 e. The third-order valence-electron chi connectivity index (χ3n) is 5.16. The van der Waals surface area contributed by atoms with Gasteiger partial charge in [-0.3, -0.25) is 9.36 Å². The highest BCUT2D eigenvalue weighted by Gasteiger charge is 2.16. The first kappa shape index (κ1) is 24.8. The summed E-state index contributed by atoms with van der Waals surface area (Å²) in [5, 5.41) is 3.52. The molecule has 0 saturated heterocycles. The van der Waals surface area contributed by atoms with Gasteiger partial charge in [-0.25, -0.2) is 14.2 Å². The van der Waals surface area contributed by atoms with Gasteiger partial charge in [-0.2, -0.15) is 14.4 Å². The normalized spacial score (nSPS) is 10.8. The van der Waals surface area contributed by atoms with E-state index in [9.17, 15) is 18.8 Å². The molecule has 0 amide bonds. The zero-order valence-corrected chi connectivity index (χ0v) is 19.9. The highest BCUT2D eigenvalue weighted by Crippen LogP contribution is 2.23. The summed E-state index contributed by atoms with van der Waals surface area (Å²) in [5.41, 5.74) is -0.266. The lowest BCUT2D eigenvalue weighted by Gasteiger charge is -2.16. The van der Waals surface area contributed by atoms with Crippen molar-refractivity contribution in [2.75, 3.05) is 5.32 Å². The van der Waals surface area contributed by atoms with Gasteiger partial charge < -0.3 is 10.1 Å². The largest absolute Gasteiger partial charge is 0.439 e. The van der Waals surface area contributed by atoms with Gasteiger partial charge in [-0.15, -0.1) is 0 Å². The summed E-state index contributed by atoms with van der Waals surface area (Å²) in [6.07, 6.45) is 0.183. The molecular formula is C25H21ClFN5O4. The first-order chi connectivity index (χ1) is 17.3. The Morgan fingerprint density at radius 2 is 1.72 bits per heavy atom. The number of hydrogen-bond donors (Lipinski definition) is 1. The van der Waals surface area contributed by atoms with Crippen molar-refractivity contribution in [3.8, 4) is 11.6 Å². The maximum absolute atomic E-state index is 13.3. The molecule has 36 heavy (non-hydrogen) atoms. The van der Waals surface area contributed by atoms with Gasteiger partial charge in [0, 0.05) is 23.2 Å². The first-order valence-electron chi connectivity index (χ1n) is 11.0. The number of aromatic nitrogens is 4. The van der Waals surface area contributed by atoms with Crippen molar-refractivity contribution in [2.24, 2.45) is 0 Å². The van der Waals surface area contributed by atoms with Crippen LogP contribution in [0.3, 0.4) is 0 Å². The fraction of sp³-hybridized carbons (Fsp3) is 0.160. The molecule has 0 radical (unpaired) electrons. The fourth-order valence-corrected chi connectivity index (χ4v) is 3.39. The molecule has 0 bridgehead atoms. The lowest BCUT2D eigenvalue weighted by atomic mass is 10.2. The number of pyridine rings is 1. The molecule has 0 aliphatic heterocycles. The van der Waals surface area contributed by atoms with Crippen LogP contribution < -0.4 is 21.4 Å². The number of ketones is 1. The summed E-state index contributed by atoms with van der Waals surface area (Å²) in [5.74, 6) is -0.428. The Balaban J connectivity index is 1.65. The summed E-state index contributed by atoms with van der Waals surface area (Å²) in [6, 6.07) is 17.6. The average Bonchev–Trinajstić information content (AvgIpc) is 2.86. The number of halogens is 2. The summed E-state index contributed by atoms with van der Waals surface area (Å²) in [6.45, 7) is 1.38. The van der Waals surface area contributed by atoms with Gasteiger partial charge in [-0.05, 0) is 48.0 Å². The lowest BCUT2D eigenvalue weighted by Crippen LogP contribution is -2.44. The van der Waals surface area contributed by atoms with Crippen LogP contribution >= 0.6 is 11.6 Å². The van der Waals surface area contributed by atoms with Crippen molar-refractivity contribution >= 4 is 29.0 Å². The minimum atomic E-state index is -0.839. The van der Waals surface area contributed by atoms with Crippen LogP contribution in [-0.2, 0) is 17.9 Å². The molecule has 0 saturated carbocycles. The summed E-state index contributed by atoms with van der Waals surface area (Å²) >= 11 is 5.97. The van der Waals surface area contributed by atoms with E-state index in [0.29, 0.717) is 16.5 Å². The van der Waals surface area contributed by atoms with E-state index in [0.717, 1.165) is 10.1 Å². The number of carbonyl (C=O) groups is 1. The van der Waals surface area contributed by atoms with E-state index in [1.165, 1.54) is 22.8 Å². The first-order valence-corrected chi connectivity index (χ1v) is 11.4. The smallest absolute Gasteiger partial charge is 0.355 e. The molecule has 4 aromatic rings. The molecule has 9 nitrogen and oxygen atoms in total. The molecule has 184 valence electrons. The number of benzene rings is 2. The molecule has 0 unspecified atom stereocenters. The second kappa shape index (κ2) is 11.0. The summed E-state index contributed by atoms with van der Waals surface area (Å²) < 4.78 is 20.9. The number of nitrogens with one attached hydrogen (secondary N) is 1. The highest BCUT2D eigenvalue weighted by atomic mass is 35.5. The van der Waals surface area contributed by atoms with Crippen molar-refractivity contribution in [1.82, 2.24) is 19.1 Å². The van der Waals surface area contributed by atoms with Crippen LogP contribution in [0.4, 0.5) is 16.0 Å². The summed E-state index contributed by atoms with van der Waals surface area (Å²) in [7, 11) is 0. The van der Waals surface area contributed by atoms with E-state index in [-0.39, 0.29) is 37.1 Å². The van der Waals surface area contributed by atoms with E-state index < -0.39 is 17.3 Å². The monoisotopic (exact) mass is 509 g/mol. The molecule has 2 aromatic carbocycles. The van der Waals surface area contributed by atoms with Crippen LogP contribution in [0.1, 0.15) is 18.9 Å². The Hall–Kier alpha value is -4.31. The lowest BCUT2D eigenvalue weighted by molar-refractivity contribution is -0.119. The van der Waals surface area contributed by atoms with Crippen molar-refractivity contribution in [3.05, 3.63) is 104 Å². The van der Waals surface area contributed by atoms with Crippen LogP contribution in [-0.4, -0.2) is 24.9 Å². The van der Waals surface area contributed by atoms with Crippen molar-refractivity contribution in [1.29, 1.82) is 0 Å². The minimum absolute atomic E-state index is 0.000568. The van der Waals surface area contributed by atoms with E-state index in [1.807, 2.05) is 0 Å². The van der Waals surface area contributed by atoms with Crippen LogP contribution in [0, 0.1) is 5.95 Å². The molecule has 4 rings (SSSR count). The van der Waals surface area contributed by atoms with Gasteiger partial charge in [0.1, 0.15) is 5.75 Å². The Labute approximate surface area is 209 Å². The second-order valence-electron chi connectivity index (χ2n) is 7.74. The number of ether oxygens (including phenoxy) is 1. The van der Waals surface area contributed by atoms with Gasteiger partial charge in [0.2, 0.25) is 17.8 Å². The number of carbonyl (C=O) groups excluding carboxylic acids is 1. The topological polar surface area (TPSA) is 108 Å². The van der Waals surface area contributed by atoms with Crippen molar-refractivity contribution < 1.29 is 13.9 Å². The van der Waals surface area contributed by atoms with E-state index in [2.05, 4.69) is 15.3 Å². The van der Waals surface area contributed by atoms with Crippen LogP contribution in [0.5, 0.6) is 11.6 Å². The molecule has 2 aromatic heterocycles. The fourth-order valence-electron chi connectivity index (χ4n) is 3.27. The third-order valence-corrected chi connectivity index (χ3v) is 5.41. The van der Waals surface area contributed by atoms with E-state index >= 15 is 0 Å². The van der Waals surface area contributed by atoms with Gasteiger partial charge in [0.15, 0.2) is 5.78 Å². The Kier molecular flexibility index (Phi) is 7.55. The molecule has 0 aliphatic rings. The standard InChI is InChI=1S/C25H21ClFN5O4/c1-2-19(33)15-32-24(34)30-23(31(25(32)35)14-16-6-8-17(26)9-7-16)28-18-10-12-20(13-11-18)36-22-5-3-4-21(27)29-22/h3-13H,2,14-15H2,1H3,(H,28,30,34). The van der Waals surface area contributed by atoms with Gasteiger partial charge in [0.25, 0.3) is 0 Å². The Bertz CT molecular complexity index is 1500. The van der Waals surface area contributed by atoms with E-state index in [4.69, 9.17) is 16.3 Å². The quantitative estimate of drug-likeness (QED) is 0.337. The molecule has 0 fully saturated rings. The molecule has 0 spiro atoms. The third kappa shape index (κ3) is 6.02.